The van der Waals surface area contributed by atoms with Crippen molar-refractivity contribution in [3.05, 3.63) is 0 Å². The lowest BCUT2D eigenvalue weighted by molar-refractivity contribution is 0.168. The van der Waals surface area contributed by atoms with E-state index in [1.54, 1.807) is 0 Å². The van der Waals surface area contributed by atoms with Gasteiger partial charge in [0, 0.05) is 6.04 Å². The van der Waals surface area contributed by atoms with E-state index in [0.29, 0.717) is 6.04 Å². The molecule has 0 spiro atoms. The third-order valence-electron chi connectivity index (χ3n) is 3.25. The zero-order valence-corrected chi connectivity index (χ0v) is 10.6. The maximum atomic E-state index is 5.94. The van der Waals surface area contributed by atoms with Gasteiger partial charge in [-0.15, -0.1) is 0 Å². The van der Waals surface area contributed by atoms with Crippen molar-refractivity contribution in [3.63, 3.8) is 0 Å². The van der Waals surface area contributed by atoms with Crippen molar-refractivity contribution in [2.45, 2.75) is 65.0 Å². The van der Waals surface area contributed by atoms with E-state index < -0.39 is 0 Å². The highest BCUT2D eigenvalue weighted by Gasteiger charge is 2.38. The molecule has 0 aromatic heterocycles. The third kappa shape index (κ3) is 2.64. The molecule has 0 saturated carbocycles. The van der Waals surface area contributed by atoms with Gasteiger partial charge in [-0.05, 0) is 27.2 Å². The van der Waals surface area contributed by atoms with Crippen LogP contribution in [0.3, 0.4) is 0 Å². The normalized spacial score (nSPS) is 26.2. The van der Waals surface area contributed by atoms with Crippen LogP contribution in [0.25, 0.3) is 0 Å². The van der Waals surface area contributed by atoms with Gasteiger partial charge < -0.3 is 10.6 Å². The minimum absolute atomic E-state index is 0.160. The van der Waals surface area contributed by atoms with E-state index >= 15 is 0 Å². The van der Waals surface area contributed by atoms with Gasteiger partial charge in [-0.2, -0.15) is 0 Å². The van der Waals surface area contributed by atoms with Gasteiger partial charge >= 0.3 is 0 Å². The highest BCUT2D eigenvalue weighted by Crippen LogP contribution is 2.29. The molecule has 1 unspecified atom stereocenters. The molecule has 3 heteroatoms. The molecule has 0 aromatic carbocycles. The van der Waals surface area contributed by atoms with E-state index in [2.05, 4.69) is 37.6 Å². The summed E-state index contributed by atoms with van der Waals surface area (Å²) < 4.78 is 0. The lowest BCUT2D eigenvalue weighted by atomic mass is 9.92. The summed E-state index contributed by atoms with van der Waals surface area (Å²) >= 11 is 0. The molecule has 0 radical (unpaired) electrons. The van der Waals surface area contributed by atoms with Crippen molar-refractivity contribution in [2.75, 3.05) is 6.54 Å². The van der Waals surface area contributed by atoms with E-state index in [-0.39, 0.29) is 5.54 Å². The molecule has 88 valence electrons. The highest BCUT2D eigenvalue weighted by atomic mass is 15.4. The van der Waals surface area contributed by atoms with Gasteiger partial charge in [0.1, 0.15) is 0 Å². The maximum absolute atomic E-state index is 5.94. The Morgan fingerprint density at radius 2 is 2.13 bits per heavy atom. The molecule has 0 aliphatic carbocycles. The SMILES string of the molecule is CCCCCC1(C)CN=C(N)N1C(C)C. The molecular weight excluding hydrogens is 186 g/mol. The molecule has 1 aliphatic heterocycles. The maximum Gasteiger partial charge on any atom is 0.192 e. The average Bonchev–Trinajstić information content (AvgIpc) is 2.43. The Kier molecular flexibility index (Phi) is 4.00. The van der Waals surface area contributed by atoms with Gasteiger partial charge in [-0.3, -0.25) is 4.99 Å². The van der Waals surface area contributed by atoms with Gasteiger partial charge in [0.2, 0.25) is 0 Å². The number of aliphatic imine (C=N–C) groups is 1. The van der Waals surface area contributed by atoms with Crippen LogP contribution < -0.4 is 5.73 Å². The van der Waals surface area contributed by atoms with Gasteiger partial charge in [0.25, 0.3) is 0 Å². The van der Waals surface area contributed by atoms with E-state index in [4.69, 9.17) is 5.73 Å². The minimum Gasteiger partial charge on any atom is -0.370 e. The van der Waals surface area contributed by atoms with Crippen LogP contribution in [0.4, 0.5) is 0 Å². The molecular formula is C12H25N3. The van der Waals surface area contributed by atoms with Crippen molar-refractivity contribution in [3.8, 4) is 0 Å². The van der Waals surface area contributed by atoms with Gasteiger partial charge in [0.15, 0.2) is 5.96 Å². The van der Waals surface area contributed by atoms with E-state index in [1.807, 2.05) is 0 Å². The molecule has 2 N–H and O–H groups in total. The summed E-state index contributed by atoms with van der Waals surface area (Å²) in [6.45, 7) is 9.76. The zero-order chi connectivity index (χ0) is 11.5. The number of hydrogen-bond acceptors (Lipinski definition) is 3. The number of nitrogens with two attached hydrogens (primary N) is 1. The van der Waals surface area contributed by atoms with Crippen molar-refractivity contribution in [1.29, 1.82) is 0 Å². The molecule has 0 saturated heterocycles. The topological polar surface area (TPSA) is 41.6 Å². The number of rotatable bonds is 5. The number of nitrogens with zero attached hydrogens (tertiary/aromatic N) is 2. The summed E-state index contributed by atoms with van der Waals surface area (Å²) in [4.78, 5) is 6.67. The summed E-state index contributed by atoms with van der Waals surface area (Å²) in [5, 5.41) is 0. The Morgan fingerprint density at radius 3 is 2.67 bits per heavy atom. The summed E-state index contributed by atoms with van der Waals surface area (Å²) in [6, 6.07) is 0.447. The Bertz CT molecular complexity index is 235. The first-order valence-electron chi connectivity index (χ1n) is 6.10. The molecule has 0 amide bonds. The standard InChI is InChI=1S/C12H25N3/c1-5-6-7-8-12(4)9-14-11(13)15(12)10(2)3/h10H,5-9H2,1-4H3,(H2,13,14). The van der Waals surface area contributed by atoms with Crippen LogP contribution in [0.15, 0.2) is 4.99 Å². The highest BCUT2D eigenvalue weighted by molar-refractivity contribution is 5.81. The van der Waals surface area contributed by atoms with Crippen molar-refractivity contribution >= 4 is 5.96 Å². The van der Waals surface area contributed by atoms with E-state index in [0.717, 1.165) is 12.5 Å². The second-order valence-corrected chi connectivity index (χ2v) is 5.09. The van der Waals surface area contributed by atoms with Gasteiger partial charge in [-0.1, -0.05) is 26.2 Å². The second kappa shape index (κ2) is 4.86. The van der Waals surface area contributed by atoms with Crippen molar-refractivity contribution < 1.29 is 0 Å². The Labute approximate surface area is 93.7 Å². The predicted molar refractivity (Wildman–Crippen MR) is 66.0 cm³/mol. The third-order valence-corrected chi connectivity index (χ3v) is 3.25. The first-order chi connectivity index (χ1) is 7.01. The number of guanidine groups is 1. The quantitative estimate of drug-likeness (QED) is 0.709. The van der Waals surface area contributed by atoms with Crippen LogP contribution in [0, 0.1) is 0 Å². The molecule has 1 atom stereocenters. The monoisotopic (exact) mass is 211 g/mol. The Hall–Kier alpha value is -0.730. The molecule has 1 rings (SSSR count). The molecule has 0 bridgehead atoms. The summed E-state index contributed by atoms with van der Waals surface area (Å²) in [7, 11) is 0. The lowest BCUT2D eigenvalue weighted by Gasteiger charge is -2.39. The summed E-state index contributed by atoms with van der Waals surface area (Å²) in [6.07, 6.45) is 5.05. The minimum atomic E-state index is 0.160. The van der Waals surface area contributed by atoms with Crippen LogP contribution >= 0.6 is 0 Å². The van der Waals surface area contributed by atoms with Crippen LogP contribution in [0.5, 0.6) is 0 Å². The molecule has 1 aliphatic rings. The molecule has 3 nitrogen and oxygen atoms in total. The number of unbranched alkanes of at least 4 members (excludes halogenated alkanes) is 2. The molecule has 0 fully saturated rings. The van der Waals surface area contributed by atoms with E-state index in [9.17, 15) is 0 Å². The first-order valence-corrected chi connectivity index (χ1v) is 6.10. The first kappa shape index (κ1) is 12.3. The van der Waals surface area contributed by atoms with Crippen molar-refractivity contribution in [1.82, 2.24) is 4.90 Å². The van der Waals surface area contributed by atoms with Gasteiger partial charge in [0.05, 0.1) is 12.1 Å². The van der Waals surface area contributed by atoms with Crippen molar-refractivity contribution in [2.24, 2.45) is 10.7 Å². The van der Waals surface area contributed by atoms with E-state index in [1.165, 1.54) is 25.7 Å². The van der Waals surface area contributed by atoms with Crippen LogP contribution in [-0.2, 0) is 0 Å². The molecule has 1 heterocycles. The fraction of sp³-hybridized carbons (Fsp3) is 0.917. The zero-order valence-electron chi connectivity index (χ0n) is 10.6. The van der Waals surface area contributed by atoms with Crippen LogP contribution in [0.1, 0.15) is 53.4 Å². The fourth-order valence-electron chi connectivity index (χ4n) is 2.52. The summed E-state index contributed by atoms with van der Waals surface area (Å²) in [5.74, 6) is 0.726. The number of hydrogen-bond donors (Lipinski definition) is 1. The van der Waals surface area contributed by atoms with Gasteiger partial charge in [-0.25, -0.2) is 0 Å². The molecule has 15 heavy (non-hydrogen) atoms. The lowest BCUT2D eigenvalue weighted by Crippen LogP contribution is -2.52. The smallest absolute Gasteiger partial charge is 0.192 e. The van der Waals surface area contributed by atoms with Crippen LogP contribution in [0.2, 0.25) is 0 Å². The Morgan fingerprint density at radius 1 is 1.47 bits per heavy atom. The average molecular weight is 211 g/mol. The predicted octanol–water partition coefficient (Wildman–Crippen LogP) is 2.36. The Balaban J connectivity index is 2.60. The summed E-state index contributed by atoms with van der Waals surface area (Å²) in [5.41, 5.74) is 6.10. The second-order valence-electron chi connectivity index (χ2n) is 5.09. The fourth-order valence-corrected chi connectivity index (χ4v) is 2.52. The molecule has 0 aromatic rings. The van der Waals surface area contributed by atoms with Crippen LogP contribution in [-0.4, -0.2) is 29.0 Å². The largest absolute Gasteiger partial charge is 0.370 e.